The lowest BCUT2D eigenvalue weighted by Gasteiger charge is -2.37. The van der Waals surface area contributed by atoms with Crippen molar-refractivity contribution in [3.8, 4) is 11.5 Å². The van der Waals surface area contributed by atoms with Crippen LogP contribution >= 0.6 is 0 Å². The lowest BCUT2D eigenvalue weighted by atomic mass is 9.93. The van der Waals surface area contributed by atoms with Crippen molar-refractivity contribution in [3.63, 3.8) is 0 Å². The van der Waals surface area contributed by atoms with Gasteiger partial charge in [-0.15, -0.1) is 0 Å². The van der Waals surface area contributed by atoms with Gasteiger partial charge in [0, 0.05) is 36.1 Å². The molecule has 0 spiro atoms. The van der Waals surface area contributed by atoms with Crippen molar-refractivity contribution in [1.29, 1.82) is 0 Å². The molecule has 1 aliphatic heterocycles. The van der Waals surface area contributed by atoms with Gasteiger partial charge in [-0.1, -0.05) is 18.2 Å². The van der Waals surface area contributed by atoms with Crippen LogP contribution in [0.3, 0.4) is 0 Å². The Hall–Kier alpha value is -3.66. The van der Waals surface area contributed by atoms with Gasteiger partial charge in [-0.05, 0) is 44.0 Å². The number of alkyl halides is 3. The Morgan fingerprint density at radius 1 is 1.14 bits per heavy atom. The van der Waals surface area contributed by atoms with Crippen LogP contribution in [0.25, 0.3) is 22.6 Å². The molecule has 6 nitrogen and oxygen atoms in total. The van der Waals surface area contributed by atoms with Crippen LogP contribution in [0.4, 0.5) is 23.2 Å². The summed E-state index contributed by atoms with van der Waals surface area (Å²) in [5.41, 5.74) is -0.620. The van der Waals surface area contributed by atoms with E-state index in [1.807, 2.05) is 4.90 Å². The van der Waals surface area contributed by atoms with Crippen molar-refractivity contribution >= 4 is 22.5 Å². The van der Waals surface area contributed by atoms with E-state index in [1.165, 1.54) is 30.5 Å². The maximum absolute atomic E-state index is 14.9. The number of ketones is 1. The first-order valence-corrected chi connectivity index (χ1v) is 11.1. The number of carbonyl (C=O) groups excluding carboxylic acids is 1. The number of imidazole rings is 1. The van der Waals surface area contributed by atoms with Crippen LogP contribution in [0.15, 0.2) is 48.7 Å². The molecule has 2 aromatic carbocycles. The number of halogens is 4. The number of hydrogen-bond acceptors (Lipinski definition) is 4. The standard InChI is InChI=1S/C25H22F4N4O2/c1-24(35)6-8-33(9-7-24)15-11-18(26)21-19(12-15)31-23(32-21)20-10-14(13-30-20)22(34)16-4-2-3-5-17(16)25(27,28)29/h2-5,10-13,30,35H,6-9H2,1H3,(H,31,32). The van der Waals surface area contributed by atoms with E-state index in [-0.39, 0.29) is 16.9 Å². The highest BCUT2D eigenvalue weighted by molar-refractivity contribution is 6.10. The predicted molar refractivity (Wildman–Crippen MR) is 123 cm³/mol. The van der Waals surface area contributed by atoms with Crippen LogP contribution in [0.2, 0.25) is 0 Å². The molecule has 0 unspecified atom stereocenters. The van der Waals surface area contributed by atoms with Crippen LogP contribution in [0.1, 0.15) is 41.3 Å². The van der Waals surface area contributed by atoms with Gasteiger partial charge in [0.1, 0.15) is 5.52 Å². The number of anilines is 1. The molecule has 1 fully saturated rings. The second kappa shape index (κ2) is 8.23. The van der Waals surface area contributed by atoms with Gasteiger partial charge in [0.25, 0.3) is 0 Å². The Labute approximate surface area is 197 Å². The fraction of sp³-hybridized carbons (Fsp3) is 0.280. The predicted octanol–water partition coefficient (Wildman–Crippen LogP) is 5.30. The van der Waals surface area contributed by atoms with Gasteiger partial charge in [0.15, 0.2) is 17.4 Å². The Kier molecular flexibility index (Phi) is 5.43. The van der Waals surface area contributed by atoms with Gasteiger partial charge in [-0.25, -0.2) is 9.37 Å². The van der Waals surface area contributed by atoms with Gasteiger partial charge in [-0.2, -0.15) is 13.2 Å². The minimum absolute atomic E-state index is 0.0266. The van der Waals surface area contributed by atoms with Crippen molar-refractivity contribution in [2.45, 2.75) is 31.5 Å². The first kappa shape index (κ1) is 23.1. The first-order valence-electron chi connectivity index (χ1n) is 11.1. The topological polar surface area (TPSA) is 85.0 Å². The monoisotopic (exact) mass is 486 g/mol. The summed E-state index contributed by atoms with van der Waals surface area (Å²) >= 11 is 0. The van der Waals surface area contributed by atoms with E-state index in [9.17, 15) is 27.5 Å². The lowest BCUT2D eigenvalue weighted by Crippen LogP contribution is -2.42. The van der Waals surface area contributed by atoms with Gasteiger partial charge < -0.3 is 20.0 Å². The van der Waals surface area contributed by atoms with E-state index in [0.717, 1.165) is 12.1 Å². The fourth-order valence-electron chi connectivity index (χ4n) is 4.36. The molecule has 0 aliphatic carbocycles. The number of benzene rings is 2. The highest BCUT2D eigenvalue weighted by Gasteiger charge is 2.35. The molecule has 1 saturated heterocycles. The zero-order valence-electron chi connectivity index (χ0n) is 18.7. The van der Waals surface area contributed by atoms with Crippen molar-refractivity contribution < 1.29 is 27.5 Å². The van der Waals surface area contributed by atoms with Gasteiger partial charge in [-0.3, -0.25) is 4.79 Å². The Morgan fingerprint density at radius 3 is 2.57 bits per heavy atom. The van der Waals surface area contributed by atoms with E-state index in [4.69, 9.17) is 0 Å². The SMILES string of the molecule is CC1(O)CCN(c2cc(F)c3nc(-c4cc(C(=O)c5ccccc5C(F)(F)F)c[nH]4)[nH]c3c2)CC1. The highest BCUT2D eigenvalue weighted by atomic mass is 19.4. The third kappa shape index (κ3) is 4.41. The number of aromatic amines is 2. The quantitative estimate of drug-likeness (QED) is 0.270. The molecule has 2 aromatic heterocycles. The zero-order valence-corrected chi connectivity index (χ0v) is 18.7. The molecule has 3 heterocycles. The number of aliphatic hydroxyl groups is 1. The van der Waals surface area contributed by atoms with E-state index in [0.29, 0.717) is 42.8 Å². The Bertz CT molecular complexity index is 1410. The minimum atomic E-state index is -4.66. The Morgan fingerprint density at radius 2 is 1.86 bits per heavy atom. The summed E-state index contributed by atoms with van der Waals surface area (Å²) in [6.45, 7) is 2.95. The van der Waals surface area contributed by atoms with Crippen molar-refractivity contribution in [2.24, 2.45) is 0 Å². The average Bonchev–Trinajstić information content (AvgIpc) is 3.45. The van der Waals surface area contributed by atoms with Crippen molar-refractivity contribution in [2.75, 3.05) is 18.0 Å². The number of aromatic nitrogens is 3. The molecule has 1 aliphatic rings. The largest absolute Gasteiger partial charge is 0.417 e. The fourth-order valence-corrected chi connectivity index (χ4v) is 4.36. The molecule has 5 rings (SSSR count). The zero-order chi connectivity index (χ0) is 25.0. The van der Waals surface area contributed by atoms with Crippen LogP contribution in [0.5, 0.6) is 0 Å². The van der Waals surface area contributed by atoms with Gasteiger partial charge >= 0.3 is 6.18 Å². The smallest absolute Gasteiger partial charge is 0.390 e. The average molecular weight is 486 g/mol. The number of piperidine rings is 1. The van der Waals surface area contributed by atoms with Crippen molar-refractivity contribution in [3.05, 3.63) is 71.2 Å². The van der Waals surface area contributed by atoms with E-state index in [1.54, 1.807) is 13.0 Å². The summed E-state index contributed by atoms with van der Waals surface area (Å²) in [5.74, 6) is -1.06. The third-order valence-corrected chi connectivity index (χ3v) is 6.41. The summed E-state index contributed by atoms with van der Waals surface area (Å²) in [7, 11) is 0. The molecule has 0 bridgehead atoms. The molecule has 182 valence electrons. The van der Waals surface area contributed by atoms with E-state index in [2.05, 4.69) is 15.0 Å². The molecule has 0 amide bonds. The maximum atomic E-state index is 14.9. The third-order valence-electron chi connectivity index (χ3n) is 6.41. The molecule has 4 aromatic rings. The van der Waals surface area contributed by atoms with Crippen molar-refractivity contribution in [1.82, 2.24) is 15.0 Å². The number of rotatable bonds is 4. The number of nitrogens with one attached hydrogen (secondary N) is 2. The summed E-state index contributed by atoms with van der Waals surface area (Å²) in [6, 6.07) is 9.15. The molecule has 10 heteroatoms. The van der Waals surface area contributed by atoms with Gasteiger partial charge in [0.05, 0.1) is 22.4 Å². The number of fused-ring (bicyclic) bond motifs is 1. The maximum Gasteiger partial charge on any atom is 0.417 e. The molecule has 3 N–H and O–H groups in total. The summed E-state index contributed by atoms with van der Waals surface area (Å²) in [4.78, 5) is 25.0. The number of carbonyl (C=O) groups is 1. The van der Waals surface area contributed by atoms with E-state index < -0.39 is 34.5 Å². The van der Waals surface area contributed by atoms with E-state index >= 15 is 0 Å². The second-order valence-corrected chi connectivity index (χ2v) is 9.07. The number of hydrogen-bond donors (Lipinski definition) is 3. The molecule has 0 atom stereocenters. The molecule has 0 saturated carbocycles. The number of nitrogens with zero attached hydrogens (tertiary/aromatic N) is 2. The molecule has 35 heavy (non-hydrogen) atoms. The molecular formula is C25H22F4N4O2. The minimum Gasteiger partial charge on any atom is -0.390 e. The number of H-pyrrole nitrogens is 2. The Balaban J connectivity index is 1.44. The van der Waals surface area contributed by atoms with Crippen LogP contribution in [-0.2, 0) is 6.18 Å². The summed E-state index contributed by atoms with van der Waals surface area (Å²) < 4.78 is 54.9. The summed E-state index contributed by atoms with van der Waals surface area (Å²) in [6.07, 6.45) is -2.22. The van der Waals surface area contributed by atoms with Gasteiger partial charge in [0.2, 0.25) is 0 Å². The van der Waals surface area contributed by atoms with Crippen LogP contribution < -0.4 is 4.90 Å². The molecular weight excluding hydrogens is 464 g/mol. The summed E-state index contributed by atoms with van der Waals surface area (Å²) in [5, 5.41) is 10.2. The second-order valence-electron chi connectivity index (χ2n) is 9.07. The normalized spacial score (nSPS) is 16.1. The molecule has 0 radical (unpaired) electrons. The van der Waals surface area contributed by atoms with Crippen LogP contribution in [-0.4, -0.2) is 44.5 Å². The lowest BCUT2D eigenvalue weighted by molar-refractivity contribution is -0.137. The van der Waals surface area contributed by atoms with Crippen LogP contribution in [0, 0.1) is 5.82 Å². The highest BCUT2D eigenvalue weighted by Crippen LogP contribution is 2.34. The first-order chi connectivity index (χ1) is 16.5.